The predicted octanol–water partition coefficient (Wildman–Crippen LogP) is 3.54. The van der Waals surface area contributed by atoms with Gasteiger partial charge in [-0.25, -0.2) is 9.97 Å². The van der Waals surface area contributed by atoms with E-state index in [1.165, 1.54) is 0 Å². The number of rotatable bonds is 5. The molecule has 0 bridgehead atoms. The molecule has 0 radical (unpaired) electrons. The van der Waals surface area contributed by atoms with E-state index in [1.54, 1.807) is 11.8 Å². The molecule has 0 unspecified atom stereocenters. The lowest BCUT2D eigenvalue weighted by molar-refractivity contribution is 0.591. The van der Waals surface area contributed by atoms with Gasteiger partial charge in [-0.05, 0) is 18.7 Å². The lowest BCUT2D eigenvalue weighted by atomic mass is 10.4. The maximum atomic E-state index is 14.2. The van der Waals surface area contributed by atoms with Crippen LogP contribution in [0, 0.1) is 6.92 Å². The van der Waals surface area contributed by atoms with Gasteiger partial charge in [0.2, 0.25) is 0 Å². The molecule has 3 aromatic rings. The Kier molecular flexibility index (Phi) is 5.17. The molecule has 122 valence electrons. The topological polar surface area (TPSA) is 42.9 Å². The highest BCUT2D eigenvalue weighted by atomic mass is 32.2. The van der Waals surface area contributed by atoms with Gasteiger partial charge in [-0.15, -0.1) is 0 Å². The minimum Gasteiger partial charge on any atom is -0.307 e. The molecule has 3 rings (SSSR count). The molecule has 0 spiro atoms. The maximum Gasteiger partial charge on any atom is 0.188 e. The molecule has 0 saturated carbocycles. The Morgan fingerprint density at radius 3 is 1.96 bits per heavy atom. The molecule has 0 aliphatic rings. The van der Waals surface area contributed by atoms with Gasteiger partial charge in [0.05, 0.1) is 0 Å². The Bertz CT molecular complexity index is 826. The first-order chi connectivity index (χ1) is 11.6. The van der Waals surface area contributed by atoms with Crippen LogP contribution in [0.15, 0.2) is 71.9 Å². The van der Waals surface area contributed by atoms with Crippen LogP contribution < -0.4 is 16.0 Å². The summed E-state index contributed by atoms with van der Waals surface area (Å²) in [5.41, 5.74) is 1.44. The van der Waals surface area contributed by atoms with Crippen molar-refractivity contribution in [1.82, 2.24) is 9.97 Å². The average molecular weight is 354 g/mol. The zero-order valence-corrected chi connectivity index (χ0v) is 15.4. The molecule has 1 heterocycles. The van der Waals surface area contributed by atoms with Crippen LogP contribution in [-0.2, 0) is 4.57 Å². The molecule has 0 atom stereocenters. The summed E-state index contributed by atoms with van der Waals surface area (Å²) in [5, 5.41) is 2.27. The van der Waals surface area contributed by atoms with Gasteiger partial charge in [-0.2, -0.15) is 0 Å². The highest BCUT2D eigenvalue weighted by Crippen LogP contribution is 2.41. The molecule has 5 heteroatoms. The van der Waals surface area contributed by atoms with Crippen molar-refractivity contribution in [2.75, 3.05) is 5.75 Å². The highest BCUT2D eigenvalue weighted by Gasteiger charge is 2.31. The van der Waals surface area contributed by atoms with Crippen LogP contribution in [0.4, 0.5) is 0 Å². The van der Waals surface area contributed by atoms with Crippen molar-refractivity contribution in [3.05, 3.63) is 72.4 Å². The second-order valence-electron chi connectivity index (χ2n) is 5.36. The second-order valence-corrected chi connectivity index (χ2v) is 9.30. The van der Waals surface area contributed by atoms with Gasteiger partial charge in [-0.3, -0.25) is 0 Å². The first kappa shape index (κ1) is 16.9. The average Bonchev–Trinajstić information content (AvgIpc) is 2.62. The van der Waals surface area contributed by atoms with E-state index in [2.05, 4.69) is 16.9 Å². The van der Waals surface area contributed by atoms with Crippen LogP contribution in [0.25, 0.3) is 0 Å². The number of hydrogen-bond donors (Lipinski definition) is 0. The Labute approximate surface area is 146 Å². The minimum atomic E-state index is -3.02. The van der Waals surface area contributed by atoms with E-state index in [-0.39, 0.29) is 0 Å². The summed E-state index contributed by atoms with van der Waals surface area (Å²) in [4.78, 5) is 9.09. The SMILES string of the molecule is CCSc1nc(C)cc(P(=O)(c2ccccc2)c2ccccc2)n1. The second kappa shape index (κ2) is 7.33. The van der Waals surface area contributed by atoms with Crippen molar-refractivity contribution in [2.45, 2.75) is 19.0 Å². The zero-order chi connectivity index (χ0) is 17.0. The van der Waals surface area contributed by atoms with Crippen LogP contribution in [0.5, 0.6) is 0 Å². The fourth-order valence-corrected chi connectivity index (χ4v) is 5.88. The largest absolute Gasteiger partial charge is 0.307 e. The lowest BCUT2D eigenvalue weighted by Crippen LogP contribution is -2.28. The summed E-state index contributed by atoms with van der Waals surface area (Å²) in [6.45, 7) is 3.98. The molecule has 0 amide bonds. The Balaban J connectivity index is 2.26. The molecule has 3 nitrogen and oxygen atoms in total. The van der Waals surface area contributed by atoms with Crippen molar-refractivity contribution in [2.24, 2.45) is 0 Å². The normalized spacial score (nSPS) is 11.4. The van der Waals surface area contributed by atoms with Gasteiger partial charge in [0.25, 0.3) is 0 Å². The first-order valence-corrected chi connectivity index (χ1v) is 10.5. The number of aryl methyl sites for hydroxylation is 1. The van der Waals surface area contributed by atoms with E-state index < -0.39 is 7.14 Å². The molecular formula is C19H19N2OPS. The number of benzene rings is 2. The molecule has 2 aromatic carbocycles. The monoisotopic (exact) mass is 354 g/mol. The fourth-order valence-electron chi connectivity index (χ4n) is 2.57. The molecule has 0 N–H and O–H groups in total. The van der Waals surface area contributed by atoms with Gasteiger partial charge in [-0.1, -0.05) is 79.3 Å². The third kappa shape index (κ3) is 3.31. The summed E-state index contributed by atoms with van der Waals surface area (Å²) in [5.74, 6) is 0.879. The molecule has 24 heavy (non-hydrogen) atoms. The fraction of sp³-hybridized carbons (Fsp3) is 0.158. The van der Waals surface area contributed by atoms with E-state index in [1.807, 2.05) is 73.7 Å². The van der Waals surface area contributed by atoms with Gasteiger partial charge in [0, 0.05) is 16.3 Å². The van der Waals surface area contributed by atoms with Crippen LogP contribution in [0.2, 0.25) is 0 Å². The number of nitrogens with zero attached hydrogens (tertiary/aromatic N) is 2. The smallest absolute Gasteiger partial charge is 0.188 e. The summed E-state index contributed by atoms with van der Waals surface area (Å²) in [7, 11) is -3.02. The van der Waals surface area contributed by atoms with E-state index in [9.17, 15) is 4.57 Å². The van der Waals surface area contributed by atoms with E-state index in [0.29, 0.717) is 10.6 Å². The van der Waals surface area contributed by atoms with Crippen LogP contribution in [0.3, 0.4) is 0 Å². The molecule has 0 saturated heterocycles. The first-order valence-electron chi connectivity index (χ1n) is 7.85. The maximum absolute atomic E-state index is 14.2. The van der Waals surface area contributed by atoms with Crippen LogP contribution in [0.1, 0.15) is 12.6 Å². The van der Waals surface area contributed by atoms with E-state index in [4.69, 9.17) is 0 Å². The third-order valence-electron chi connectivity index (χ3n) is 3.66. The zero-order valence-electron chi connectivity index (χ0n) is 13.7. The third-order valence-corrected chi connectivity index (χ3v) is 7.31. The molecule has 0 aliphatic carbocycles. The van der Waals surface area contributed by atoms with Crippen molar-refractivity contribution < 1.29 is 4.57 Å². The Hall–Kier alpha value is -1.90. The summed E-state index contributed by atoms with van der Waals surface area (Å²) in [6.07, 6.45) is 0. The van der Waals surface area contributed by atoms with Crippen LogP contribution in [-0.4, -0.2) is 15.7 Å². The number of hydrogen-bond acceptors (Lipinski definition) is 4. The lowest BCUT2D eigenvalue weighted by Gasteiger charge is -2.19. The van der Waals surface area contributed by atoms with Crippen molar-refractivity contribution in [1.29, 1.82) is 0 Å². The summed E-state index contributed by atoms with van der Waals surface area (Å²) in [6, 6.07) is 21.0. The van der Waals surface area contributed by atoms with Crippen LogP contribution >= 0.6 is 18.9 Å². The number of thioether (sulfide) groups is 1. The van der Waals surface area contributed by atoms with E-state index >= 15 is 0 Å². The van der Waals surface area contributed by atoms with Crippen molar-refractivity contribution in [3.63, 3.8) is 0 Å². The van der Waals surface area contributed by atoms with Gasteiger partial charge < -0.3 is 4.57 Å². The van der Waals surface area contributed by atoms with Crippen molar-refractivity contribution in [3.8, 4) is 0 Å². The molecule has 0 fully saturated rings. The summed E-state index contributed by atoms with van der Waals surface area (Å²) >= 11 is 1.57. The van der Waals surface area contributed by atoms with Gasteiger partial charge in [0.15, 0.2) is 12.3 Å². The highest BCUT2D eigenvalue weighted by molar-refractivity contribution is 7.99. The Morgan fingerprint density at radius 1 is 0.917 bits per heavy atom. The quantitative estimate of drug-likeness (QED) is 0.399. The molecular weight excluding hydrogens is 335 g/mol. The standard InChI is InChI=1S/C19H19N2OPS/c1-3-24-19-20-15(2)14-18(21-19)23(22,16-10-6-4-7-11-16)17-12-8-5-9-13-17/h4-14H,3H2,1-2H3. The predicted molar refractivity (Wildman–Crippen MR) is 103 cm³/mol. The molecule has 1 aromatic heterocycles. The van der Waals surface area contributed by atoms with Gasteiger partial charge in [0.1, 0.15) is 5.44 Å². The Morgan fingerprint density at radius 2 is 1.46 bits per heavy atom. The van der Waals surface area contributed by atoms with Gasteiger partial charge >= 0.3 is 0 Å². The van der Waals surface area contributed by atoms with E-state index in [0.717, 1.165) is 22.1 Å². The number of aromatic nitrogens is 2. The molecule has 0 aliphatic heterocycles. The van der Waals surface area contributed by atoms with Crippen molar-refractivity contribution >= 4 is 34.9 Å². The summed E-state index contributed by atoms with van der Waals surface area (Å²) < 4.78 is 14.2. The minimum absolute atomic E-state index is 0.600.